The van der Waals surface area contributed by atoms with E-state index in [0.29, 0.717) is 18.2 Å². The number of hydrogen-bond acceptors (Lipinski definition) is 6. The third-order valence-electron chi connectivity index (χ3n) is 4.23. The highest BCUT2D eigenvalue weighted by molar-refractivity contribution is 5.67. The molecule has 0 radical (unpaired) electrons. The van der Waals surface area contributed by atoms with Crippen LogP contribution in [0.25, 0.3) is 12.2 Å². The van der Waals surface area contributed by atoms with E-state index in [2.05, 4.69) is 25.8 Å². The van der Waals surface area contributed by atoms with Crippen molar-refractivity contribution in [3.63, 3.8) is 0 Å². The lowest BCUT2D eigenvalue weighted by Crippen LogP contribution is -2.35. The first-order chi connectivity index (χ1) is 13.3. The zero-order chi connectivity index (χ0) is 18.5. The number of nitrogens with zero attached hydrogens (tertiary/aromatic N) is 3. The average Bonchev–Trinajstić information content (AvgIpc) is 3.12. The Kier molecular flexibility index (Phi) is 5.22. The van der Waals surface area contributed by atoms with Crippen LogP contribution in [0.1, 0.15) is 28.8 Å². The fourth-order valence-corrected chi connectivity index (χ4v) is 2.91. The molecule has 3 aromatic rings. The molecule has 1 aliphatic rings. The van der Waals surface area contributed by atoms with Gasteiger partial charge in [0.2, 0.25) is 0 Å². The van der Waals surface area contributed by atoms with E-state index in [1.165, 1.54) is 0 Å². The van der Waals surface area contributed by atoms with Gasteiger partial charge in [-0.05, 0) is 18.6 Å². The number of benzene rings is 1. The summed E-state index contributed by atoms with van der Waals surface area (Å²) in [5.41, 5.74) is 2.98. The first-order valence-corrected chi connectivity index (χ1v) is 8.98. The minimum atomic E-state index is 0.0482. The van der Waals surface area contributed by atoms with E-state index < -0.39 is 0 Å². The molecule has 2 aromatic heterocycles. The van der Waals surface area contributed by atoms with Crippen LogP contribution in [-0.4, -0.2) is 39.9 Å². The fourth-order valence-electron chi connectivity index (χ4n) is 2.91. The molecule has 1 aromatic carbocycles. The van der Waals surface area contributed by atoms with Gasteiger partial charge < -0.3 is 15.4 Å². The minimum absolute atomic E-state index is 0.0482. The first kappa shape index (κ1) is 17.4. The summed E-state index contributed by atoms with van der Waals surface area (Å²) in [7, 11) is 0. The molecule has 0 aliphatic carbocycles. The highest BCUT2D eigenvalue weighted by Crippen LogP contribution is 2.20. The maximum atomic E-state index is 5.59. The maximum Gasteiger partial charge on any atom is 0.154 e. The van der Waals surface area contributed by atoms with Gasteiger partial charge in [-0.25, -0.2) is 9.97 Å². The summed E-state index contributed by atoms with van der Waals surface area (Å²) < 4.78 is 5.59. The number of aryl methyl sites for hydroxylation is 1. The SMILES string of the molecule is Cc1cc(Nc2cc(C3COCCN3)nc(/C=C/c3ccccc3)n2)n[nH]1. The van der Waals surface area contributed by atoms with Gasteiger partial charge in [0.1, 0.15) is 5.82 Å². The van der Waals surface area contributed by atoms with E-state index in [9.17, 15) is 0 Å². The van der Waals surface area contributed by atoms with Crippen LogP contribution in [0.4, 0.5) is 11.6 Å². The van der Waals surface area contributed by atoms with E-state index in [4.69, 9.17) is 9.72 Å². The van der Waals surface area contributed by atoms with Crippen LogP contribution in [0.15, 0.2) is 42.5 Å². The van der Waals surface area contributed by atoms with Gasteiger partial charge in [0.05, 0.1) is 24.9 Å². The molecular formula is C20H22N6O. The van der Waals surface area contributed by atoms with Crippen LogP contribution >= 0.6 is 0 Å². The van der Waals surface area contributed by atoms with Gasteiger partial charge in [-0.1, -0.05) is 36.4 Å². The molecule has 3 heterocycles. The van der Waals surface area contributed by atoms with Crippen LogP contribution < -0.4 is 10.6 Å². The first-order valence-electron chi connectivity index (χ1n) is 8.98. The van der Waals surface area contributed by atoms with Crippen LogP contribution in [-0.2, 0) is 4.74 Å². The molecule has 0 amide bonds. The van der Waals surface area contributed by atoms with Crippen LogP contribution in [0.2, 0.25) is 0 Å². The van der Waals surface area contributed by atoms with Crippen LogP contribution in [0, 0.1) is 6.92 Å². The summed E-state index contributed by atoms with van der Waals surface area (Å²) in [5, 5.41) is 13.8. The van der Waals surface area contributed by atoms with Crippen molar-refractivity contribution in [1.29, 1.82) is 0 Å². The smallest absolute Gasteiger partial charge is 0.154 e. The summed E-state index contributed by atoms with van der Waals surface area (Å²) in [6.45, 7) is 4.09. The predicted molar refractivity (Wildman–Crippen MR) is 106 cm³/mol. The third-order valence-corrected chi connectivity index (χ3v) is 4.23. The van der Waals surface area contributed by atoms with Crippen molar-refractivity contribution in [3.8, 4) is 0 Å². The fraction of sp³-hybridized carbons (Fsp3) is 0.250. The lowest BCUT2D eigenvalue weighted by atomic mass is 10.1. The Labute approximate surface area is 157 Å². The number of anilines is 2. The van der Waals surface area contributed by atoms with Crippen molar-refractivity contribution in [2.45, 2.75) is 13.0 Å². The number of ether oxygens (including phenoxy) is 1. The van der Waals surface area contributed by atoms with E-state index in [1.54, 1.807) is 0 Å². The van der Waals surface area contributed by atoms with E-state index >= 15 is 0 Å². The third kappa shape index (κ3) is 4.58. The molecule has 7 nitrogen and oxygen atoms in total. The molecule has 1 atom stereocenters. The molecule has 1 aliphatic heterocycles. The number of rotatable bonds is 5. The molecule has 4 rings (SSSR count). The Morgan fingerprint density at radius 2 is 2.00 bits per heavy atom. The predicted octanol–water partition coefficient (Wildman–Crippen LogP) is 3.08. The summed E-state index contributed by atoms with van der Waals surface area (Å²) >= 11 is 0. The van der Waals surface area contributed by atoms with Crippen molar-refractivity contribution in [3.05, 3.63) is 65.2 Å². The van der Waals surface area contributed by atoms with Gasteiger partial charge >= 0.3 is 0 Å². The van der Waals surface area contributed by atoms with Crippen molar-refractivity contribution in [1.82, 2.24) is 25.5 Å². The van der Waals surface area contributed by atoms with E-state index in [1.807, 2.05) is 61.5 Å². The molecule has 7 heteroatoms. The average molecular weight is 362 g/mol. The van der Waals surface area contributed by atoms with Crippen molar-refractivity contribution in [2.24, 2.45) is 0 Å². The van der Waals surface area contributed by atoms with E-state index in [0.717, 1.165) is 35.9 Å². The Bertz CT molecular complexity index is 915. The molecule has 138 valence electrons. The Morgan fingerprint density at radius 1 is 1.11 bits per heavy atom. The molecule has 1 fully saturated rings. The number of H-pyrrole nitrogens is 1. The molecular weight excluding hydrogens is 340 g/mol. The highest BCUT2D eigenvalue weighted by Gasteiger charge is 2.18. The Balaban J connectivity index is 1.64. The zero-order valence-electron chi connectivity index (χ0n) is 15.1. The zero-order valence-corrected chi connectivity index (χ0v) is 15.1. The van der Waals surface area contributed by atoms with Gasteiger partial charge in [0, 0.05) is 24.4 Å². The van der Waals surface area contributed by atoms with Crippen LogP contribution in [0.3, 0.4) is 0 Å². The van der Waals surface area contributed by atoms with Gasteiger partial charge in [0.15, 0.2) is 11.6 Å². The molecule has 0 saturated carbocycles. The van der Waals surface area contributed by atoms with Gasteiger partial charge in [-0.3, -0.25) is 5.10 Å². The second-order valence-corrected chi connectivity index (χ2v) is 6.42. The van der Waals surface area contributed by atoms with Gasteiger partial charge in [-0.2, -0.15) is 5.10 Å². The largest absolute Gasteiger partial charge is 0.378 e. The number of morpholine rings is 1. The van der Waals surface area contributed by atoms with Crippen molar-refractivity contribution >= 4 is 23.8 Å². The number of aromatic nitrogens is 4. The summed E-state index contributed by atoms with van der Waals surface area (Å²) in [4.78, 5) is 9.33. The van der Waals surface area contributed by atoms with Crippen molar-refractivity contribution < 1.29 is 4.74 Å². The normalized spacial score (nSPS) is 17.3. The number of nitrogens with one attached hydrogen (secondary N) is 3. The Hall–Kier alpha value is -3.03. The molecule has 0 bridgehead atoms. The standard InChI is InChI=1S/C20H22N6O/c1-14-11-20(26-25-14)24-19-12-16(17-13-27-10-9-21-17)22-18(23-19)8-7-15-5-3-2-4-6-15/h2-8,11-12,17,21H,9-10,13H2,1H3,(H2,22,23,24,25,26)/b8-7+. The second kappa shape index (κ2) is 8.11. The summed E-state index contributed by atoms with van der Waals surface area (Å²) in [5.74, 6) is 2.06. The lowest BCUT2D eigenvalue weighted by molar-refractivity contribution is 0.0756. The van der Waals surface area contributed by atoms with Gasteiger partial charge in [-0.15, -0.1) is 0 Å². The van der Waals surface area contributed by atoms with Crippen LogP contribution in [0.5, 0.6) is 0 Å². The Morgan fingerprint density at radius 3 is 2.74 bits per heavy atom. The molecule has 1 unspecified atom stereocenters. The highest BCUT2D eigenvalue weighted by atomic mass is 16.5. The maximum absolute atomic E-state index is 5.59. The summed E-state index contributed by atoms with van der Waals surface area (Å²) in [6.07, 6.45) is 3.93. The topological polar surface area (TPSA) is 87.8 Å². The number of hydrogen-bond donors (Lipinski definition) is 3. The molecule has 0 spiro atoms. The molecule has 1 saturated heterocycles. The molecule has 3 N–H and O–H groups in total. The van der Waals surface area contributed by atoms with E-state index in [-0.39, 0.29) is 6.04 Å². The van der Waals surface area contributed by atoms with Crippen molar-refractivity contribution in [2.75, 3.05) is 25.1 Å². The quantitative estimate of drug-likeness (QED) is 0.646. The second-order valence-electron chi connectivity index (χ2n) is 6.42. The number of aromatic amines is 1. The minimum Gasteiger partial charge on any atom is -0.378 e. The monoisotopic (exact) mass is 362 g/mol. The lowest BCUT2D eigenvalue weighted by Gasteiger charge is -2.23. The summed E-state index contributed by atoms with van der Waals surface area (Å²) in [6, 6.07) is 14.0. The van der Waals surface area contributed by atoms with Gasteiger partial charge in [0.25, 0.3) is 0 Å². The molecule has 27 heavy (non-hydrogen) atoms.